The molecule has 0 aromatic carbocycles. The molecule has 0 amide bonds. The molecule has 0 atom stereocenters. The van der Waals surface area contributed by atoms with Gasteiger partial charge in [-0.05, 0) is 13.0 Å². The van der Waals surface area contributed by atoms with Crippen molar-refractivity contribution in [2.24, 2.45) is 7.05 Å². The number of pyridine rings is 1. The third kappa shape index (κ3) is 2.06. The maximum atomic E-state index is 9.58. The Morgan fingerprint density at radius 2 is 2.11 bits per heavy atom. The summed E-state index contributed by atoms with van der Waals surface area (Å²) in [5, 5.41) is 15.0. The van der Waals surface area contributed by atoms with Crippen molar-refractivity contribution in [3.8, 4) is 0 Å². The second kappa shape index (κ2) is 4.79. The molecule has 1 fully saturated rings. The number of aryl methyl sites for hydroxylation is 2. The molecule has 1 aliphatic rings. The van der Waals surface area contributed by atoms with Gasteiger partial charge in [-0.1, -0.05) is 0 Å². The number of aliphatic hydroxyl groups is 1. The van der Waals surface area contributed by atoms with E-state index in [-0.39, 0.29) is 6.61 Å². The van der Waals surface area contributed by atoms with Crippen LogP contribution in [0.15, 0.2) is 6.07 Å². The minimum absolute atomic E-state index is 0.00996. The third-order valence-electron chi connectivity index (χ3n) is 3.54. The Kier molecular flexibility index (Phi) is 3.12. The normalized spacial score (nSPS) is 16.3. The Morgan fingerprint density at radius 3 is 2.79 bits per heavy atom. The van der Waals surface area contributed by atoms with Crippen molar-refractivity contribution in [3.05, 3.63) is 17.3 Å². The van der Waals surface area contributed by atoms with Crippen molar-refractivity contribution in [1.82, 2.24) is 14.8 Å². The summed E-state index contributed by atoms with van der Waals surface area (Å²) < 4.78 is 7.15. The summed E-state index contributed by atoms with van der Waals surface area (Å²) in [6.45, 7) is 4.97. The smallest absolute Gasteiger partial charge is 0.160 e. The molecule has 0 aliphatic carbocycles. The Balaban J connectivity index is 2.13. The van der Waals surface area contributed by atoms with Gasteiger partial charge in [-0.2, -0.15) is 5.10 Å². The van der Waals surface area contributed by atoms with Crippen LogP contribution in [0, 0.1) is 6.92 Å². The molecular weight excluding hydrogens is 244 g/mol. The van der Waals surface area contributed by atoms with Gasteiger partial charge >= 0.3 is 0 Å². The number of hydrogen-bond acceptors (Lipinski definition) is 5. The van der Waals surface area contributed by atoms with E-state index in [0.717, 1.165) is 41.2 Å². The maximum absolute atomic E-state index is 9.58. The monoisotopic (exact) mass is 262 g/mol. The third-order valence-corrected chi connectivity index (χ3v) is 3.54. The average Bonchev–Trinajstić information content (AvgIpc) is 2.73. The van der Waals surface area contributed by atoms with E-state index >= 15 is 0 Å². The first-order valence-electron chi connectivity index (χ1n) is 6.47. The van der Waals surface area contributed by atoms with E-state index < -0.39 is 0 Å². The van der Waals surface area contributed by atoms with Gasteiger partial charge in [-0.3, -0.25) is 4.68 Å². The van der Waals surface area contributed by atoms with Crippen LogP contribution in [0.4, 0.5) is 5.82 Å². The highest BCUT2D eigenvalue weighted by Crippen LogP contribution is 2.25. The lowest BCUT2D eigenvalue weighted by Crippen LogP contribution is -2.37. The van der Waals surface area contributed by atoms with Gasteiger partial charge in [-0.15, -0.1) is 0 Å². The van der Waals surface area contributed by atoms with E-state index in [1.54, 1.807) is 4.68 Å². The molecule has 0 unspecified atom stereocenters. The first-order chi connectivity index (χ1) is 9.20. The molecular formula is C13H18N4O2. The van der Waals surface area contributed by atoms with Gasteiger partial charge in [0, 0.05) is 31.1 Å². The SMILES string of the molecule is Cc1nn(C)c2nc(N3CCOCC3)c(CO)cc12. The minimum atomic E-state index is -0.00996. The van der Waals surface area contributed by atoms with E-state index in [4.69, 9.17) is 9.72 Å². The predicted octanol–water partition coefficient (Wildman–Crippen LogP) is 0.606. The lowest BCUT2D eigenvalue weighted by Gasteiger charge is -2.29. The molecule has 6 heteroatoms. The first kappa shape index (κ1) is 12.4. The summed E-state index contributed by atoms with van der Waals surface area (Å²) in [5.74, 6) is 0.848. The number of fused-ring (bicyclic) bond motifs is 1. The average molecular weight is 262 g/mol. The first-order valence-corrected chi connectivity index (χ1v) is 6.47. The summed E-state index contributed by atoms with van der Waals surface area (Å²) >= 11 is 0. The molecule has 102 valence electrons. The lowest BCUT2D eigenvalue weighted by atomic mass is 10.2. The Labute approximate surface area is 111 Å². The van der Waals surface area contributed by atoms with Gasteiger partial charge in [0.2, 0.25) is 0 Å². The van der Waals surface area contributed by atoms with E-state index in [0.29, 0.717) is 13.2 Å². The topological polar surface area (TPSA) is 63.4 Å². The molecule has 1 N–H and O–H groups in total. The van der Waals surface area contributed by atoms with E-state index in [1.165, 1.54) is 0 Å². The number of morpholine rings is 1. The second-order valence-corrected chi connectivity index (χ2v) is 4.81. The molecule has 6 nitrogen and oxygen atoms in total. The molecule has 3 heterocycles. The van der Waals surface area contributed by atoms with Crippen LogP contribution >= 0.6 is 0 Å². The van der Waals surface area contributed by atoms with Crippen LogP contribution in [-0.2, 0) is 18.4 Å². The van der Waals surface area contributed by atoms with Gasteiger partial charge in [0.15, 0.2) is 5.65 Å². The molecule has 3 rings (SSSR count). The summed E-state index contributed by atoms with van der Waals surface area (Å²) in [4.78, 5) is 6.86. The van der Waals surface area contributed by atoms with Crippen molar-refractivity contribution in [2.75, 3.05) is 31.2 Å². The fraction of sp³-hybridized carbons (Fsp3) is 0.538. The molecule has 1 saturated heterocycles. The number of aromatic nitrogens is 3. The van der Waals surface area contributed by atoms with Gasteiger partial charge in [0.05, 0.1) is 25.5 Å². The maximum Gasteiger partial charge on any atom is 0.160 e. The van der Waals surface area contributed by atoms with Crippen molar-refractivity contribution in [2.45, 2.75) is 13.5 Å². The van der Waals surface area contributed by atoms with Crippen molar-refractivity contribution >= 4 is 16.9 Å². The molecule has 1 aliphatic heterocycles. The van der Waals surface area contributed by atoms with Gasteiger partial charge in [-0.25, -0.2) is 4.98 Å². The fourth-order valence-corrected chi connectivity index (χ4v) is 2.54. The zero-order valence-electron chi connectivity index (χ0n) is 11.3. The fourth-order valence-electron chi connectivity index (χ4n) is 2.54. The van der Waals surface area contributed by atoms with Gasteiger partial charge in [0.25, 0.3) is 0 Å². The van der Waals surface area contributed by atoms with Crippen molar-refractivity contribution in [3.63, 3.8) is 0 Å². The number of anilines is 1. The van der Waals surface area contributed by atoms with Crippen LogP contribution in [0.25, 0.3) is 11.0 Å². The van der Waals surface area contributed by atoms with Crippen LogP contribution < -0.4 is 4.90 Å². The molecule has 19 heavy (non-hydrogen) atoms. The number of nitrogens with zero attached hydrogens (tertiary/aromatic N) is 4. The summed E-state index contributed by atoms with van der Waals surface area (Å²) in [5.41, 5.74) is 2.65. The van der Waals surface area contributed by atoms with Crippen LogP contribution in [-0.4, -0.2) is 46.2 Å². The molecule has 0 saturated carbocycles. The lowest BCUT2D eigenvalue weighted by molar-refractivity contribution is 0.122. The molecule has 0 spiro atoms. The molecule has 2 aromatic rings. The van der Waals surface area contributed by atoms with Gasteiger partial charge < -0.3 is 14.7 Å². The second-order valence-electron chi connectivity index (χ2n) is 4.81. The summed E-state index contributed by atoms with van der Waals surface area (Å²) in [6, 6.07) is 2.00. The van der Waals surface area contributed by atoms with Crippen molar-refractivity contribution in [1.29, 1.82) is 0 Å². The van der Waals surface area contributed by atoms with E-state index in [2.05, 4.69) is 10.00 Å². The quantitative estimate of drug-likeness (QED) is 0.859. The zero-order valence-corrected chi connectivity index (χ0v) is 11.3. The Morgan fingerprint density at radius 1 is 1.37 bits per heavy atom. The highest BCUT2D eigenvalue weighted by atomic mass is 16.5. The number of hydrogen-bond donors (Lipinski definition) is 1. The number of rotatable bonds is 2. The van der Waals surface area contributed by atoms with E-state index in [1.807, 2.05) is 20.0 Å². The Bertz CT molecular complexity index is 602. The standard InChI is InChI=1S/C13H18N4O2/c1-9-11-7-10(8-18)12(14-13(11)16(2)15-9)17-3-5-19-6-4-17/h7,18H,3-6,8H2,1-2H3. The highest BCUT2D eigenvalue weighted by Gasteiger charge is 2.19. The highest BCUT2D eigenvalue weighted by molar-refractivity contribution is 5.81. The number of ether oxygens (including phenoxy) is 1. The van der Waals surface area contributed by atoms with Crippen LogP contribution in [0.5, 0.6) is 0 Å². The molecule has 0 bridgehead atoms. The zero-order chi connectivity index (χ0) is 13.4. The van der Waals surface area contributed by atoms with E-state index in [9.17, 15) is 5.11 Å². The summed E-state index contributed by atoms with van der Waals surface area (Å²) in [6.07, 6.45) is 0. The minimum Gasteiger partial charge on any atom is -0.392 e. The number of aliphatic hydroxyl groups excluding tert-OH is 1. The predicted molar refractivity (Wildman–Crippen MR) is 72.2 cm³/mol. The largest absolute Gasteiger partial charge is 0.392 e. The Hall–Kier alpha value is -1.66. The van der Waals surface area contributed by atoms with Crippen LogP contribution in [0.3, 0.4) is 0 Å². The molecule has 2 aromatic heterocycles. The van der Waals surface area contributed by atoms with Crippen LogP contribution in [0.1, 0.15) is 11.3 Å². The van der Waals surface area contributed by atoms with Crippen LogP contribution in [0.2, 0.25) is 0 Å². The van der Waals surface area contributed by atoms with Crippen molar-refractivity contribution < 1.29 is 9.84 Å². The van der Waals surface area contributed by atoms with Gasteiger partial charge in [0.1, 0.15) is 5.82 Å². The molecule has 0 radical (unpaired) electrons. The summed E-state index contributed by atoms with van der Waals surface area (Å²) in [7, 11) is 1.89.